The summed E-state index contributed by atoms with van der Waals surface area (Å²) < 4.78 is 7.88. The molecule has 0 aliphatic carbocycles. The number of carbonyl (C=O) groups is 1. The molecule has 1 fully saturated rings. The molecule has 0 bridgehead atoms. The molecule has 164 valence electrons. The van der Waals surface area contributed by atoms with Crippen LogP contribution >= 0.6 is 0 Å². The van der Waals surface area contributed by atoms with Crippen LogP contribution in [0.5, 0.6) is 5.75 Å². The summed E-state index contributed by atoms with van der Waals surface area (Å²) >= 11 is 0. The van der Waals surface area contributed by atoms with Gasteiger partial charge in [0.2, 0.25) is 0 Å². The summed E-state index contributed by atoms with van der Waals surface area (Å²) in [7, 11) is 0. The zero-order valence-electron chi connectivity index (χ0n) is 18.3. The molecule has 4 rings (SSSR count). The first-order chi connectivity index (χ1) is 15.2. The first-order valence-corrected chi connectivity index (χ1v) is 11.4. The minimum absolute atomic E-state index is 0.0213. The largest absolute Gasteiger partial charge is 0.484 e. The van der Waals surface area contributed by atoms with Gasteiger partial charge in [0, 0.05) is 12.2 Å². The number of fused-ring (bicyclic) bond motifs is 1. The van der Waals surface area contributed by atoms with E-state index >= 15 is 0 Å². The molecule has 1 saturated heterocycles. The Morgan fingerprint density at radius 1 is 1.06 bits per heavy atom. The lowest BCUT2D eigenvalue weighted by Gasteiger charge is -2.20. The molecule has 2 heterocycles. The Balaban J connectivity index is 1.46. The fourth-order valence-corrected chi connectivity index (χ4v) is 4.21. The summed E-state index contributed by atoms with van der Waals surface area (Å²) in [5.41, 5.74) is 2.81. The predicted molar refractivity (Wildman–Crippen MR) is 124 cm³/mol. The number of rotatable bonds is 8. The third-order valence-electron chi connectivity index (χ3n) is 5.74. The molecule has 1 aliphatic heterocycles. The van der Waals surface area contributed by atoms with Crippen LogP contribution < -0.4 is 10.1 Å². The van der Waals surface area contributed by atoms with Gasteiger partial charge >= 0.3 is 0 Å². The predicted octanol–water partition coefficient (Wildman–Crippen LogP) is 4.84. The van der Waals surface area contributed by atoms with Crippen LogP contribution in [0.15, 0.2) is 48.5 Å². The van der Waals surface area contributed by atoms with Crippen molar-refractivity contribution in [3.8, 4) is 5.75 Å². The van der Waals surface area contributed by atoms with E-state index in [1.165, 1.54) is 25.7 Å². The Hall–Kier alpha value is -2.86. The van der Waals surface area contributed by atoms with Crippen molar-refractivity contribution in [2.75, 3.05) is 25.0 Å². The summed E-state index contributed by atoms with van der Waals surface area (Å²) in [6.45, 7) is 6.32. The van der Waals surface area contributed by atoms with Crippen molar-refractivity contribution >= 4 is 22.6 Å². The number of anilines is 1. The van der Waals surface area contributed by atoms with Crippen molar-refractivity contribution in [3.63, 3.8) is 0 Å². The maximum absolute atomic E-state index is 12.3. The highest BCUT2D eigenvalue weighted by molar-refractivity contribution is 5.94. The van der Waals surface area contributed by atoms with Gasteiger partial charge < -0.3 is 14.6 Å². The third-order valence-corrected chi connectivity index (χ3v) is 5.74. The Kier molecular flexibility index (Phi) is 7.20. The van der Waals surface area contributed by atoms with Crippen molar-refractivity contribution in [1.82, 2.24) is 14.5 Å². The number of nitrogens with zero attached hydrogens (tertiary/aromatic N) is 3. The molecule has 1 amide bonds. The van der Waals surface area contributed by atoms with Gasteiger partial charge in [0.15, 0.2) is 6.61 Å². The molecular formula is C25H32N4O2. The smallest absolute Gasteiger partial charge is 0.262 e. The minimum atomic E-state index is -0.180. The van der Waals surface area contributed by atoms with Gasteiger partial charge in [0.25, 0.3) is 5.91 Å². The lowest BCUT2D eigenvalue weighted by molar-refractivity contribution is -0.118. The second-order valence-corrected chi connectivity index (χ2v) is 8.22. The van der Waals surface area contributed by atoms with E-state index in [4.69, 9.17) is 9.72 Å². The average Bonchev–Trinajstić information content (AvgIpc) is 2.93. The number of carbonyl (C=O) groups excluding carboxylic acids is 1. The minimum Gasteiger partial charge on any atom is -0.484 e. The van der Waals surface area contributed by atoms with Gasteiger partial charge in [-0.3, -0.25) is 9.69 Å². The van der Waals surface area contributed by atoms with E-state index in [2.05, 4.69) is 27.8 Å². The van der Waals surface area contributed by atoms with E-state index in [0.29, 0.717) is 5.75 Å². The quantitative estimate of drug-likeness (QED) is 0.566. The monoisotopic (exact) mass is 420 g/mol. The molecule has 0 radical (unpaired) electrons. The molecule has 1 aromatic heterocycles. The highest BCUT2D eigenvalue weighted by atomic mass is 16.5. The zero-order valence-corrected chi connectivity index (χ0v) is 18.3. The number of imidazole rings is 1. The molecule has 2 aromatic carbocycles. The van der Waals surface area contributed by atoms with Gasteiger partial charge in [0.05, 0.1) is 17.6 Å². The summed E-state index contributed by atoms with van der Waals surface area (Å²) in [5.74, 6) is 1.63. The molecule has 31 heavy (non-hydrogen) atoms. The Morgan fingerprint density at radius 2 is 1.84 bits per heavy atom. The Bertz CT molecular complexity index is 991. The van der Waals surface area contributed by atoms with Gasteiger partial charge in [-0.15, -0.1) is 0 Å². The molecular weight excluding hydrogens is 388 g/mol. The van der Waals surface area contributed by atoms with Crippen LogP contribution in [0.1, 0.15) is 44.9 Å². The number of amides is 1. The van der Waals surface area contributed by atoms with Gasteiger partial charge in [-0.25, -0.2) is 4.98 Å². The maximum Gasteiger partial charge on any atom is 0.262 e. The number of aryl methyl sites for hydroxylation is 1. The van der Waals surface area contributed by atoms with Crippen LogP contribution in [0, 0.1) is 0 Å². The third kappa shape index (κ3) is 5.64. The number of likely N-dealkylation sites (tertiary alicyclic amines) is 1. The van der Waals surface area contributed by atoms with E-state index < -0.39 is 0 Å². The second kappa shape index (κ2) is 10.4. The number of hydrogen-bond acceptors (Lipinski definition) is 4. The Labute approximate surface area is 184 Å². The maximum atomic E-state index is 12.3. The average molecular weight is 421 g/mol. The van der Waals surface area contributed by atoms with Gasteiger partial charge in [0.1, 0.15) is 11.6 Å². The molecule has 3 aromatic rings. The number of nitrogens with one attached hydrogen (secondary N) is 1. The number of benzene rings is 2. The van der Waals surface area contributed by atoms with E-state index in [-0.39, 0.29) is 12.5 Å². The molecule has 0 spiro atoms. The first-order valence-electron chi connectivity index (χ1n) is 11.4. The van der Waals surface area contributed by atoms with E-state index in [1.54, 1.807) is 0 Å². The van der Waals surface area contributed by atoms with Crippen LogP contribution in [-0.4, -0.2) is 40.1 Å². The topological polar surface area (TPSA) is 59.4 Å². The van der Waals surface area contributed by atoms with Crippen LogP contribution in [0.4, 0.5) is 5.69 Å². The van der Waals surface area contributed by atoms with Gasteiger partial charge in [-0.1, -0.05) is 38.0 Å². The van der Waals surface area contributed by atoms with Crippen LogP contribution in [0.2, 0.25) is 0 Å². The first kappa shape index (κ1) is 21.4. The Morgan fingerprint density at radius 3 is 2.58 bits per heavy atom. The van der Waals surface area contributed by atoms with E-state index in [0.717, 1.165) is 55.1 Å². The van der Waals surface area contributed by atoms with E-state index in [1.807, 2.05) is 42.5 Å². The molecule has 1 aliphatic rings. The number of ether oxygens (including phenoxy) is 1. The van der Waals surface area contributed by atoms with E-state index in [9.17, 15) is 4.79 Å². The normalized spacial score (nSPS) is 15.0. The summed E-state index contributed by atoms with van der Waals surface area (Å²) in [6.07, 6.45) is 6.27. The molecule has 0 saturated carbocycles. The highest BCUT2D eigenvalue weighted by Gasteiger charge is 2.16. The summed E-state index contributed by atoms with van der Waals surface area (Å²) in [4.78, 5) is 19.8. The number of para-hydroxylation sites is 1. The van der Waals surface area contributed by atoms with Crippen molar-refractivity contribution in [1.29, 1.82) is 0 Å². The lowest BCUT2D eigenvalue weighted by atomic mass is 10.2. The molecule has 0 atom stereocenters. The van der Waals surface area contributed by atoms with Crippen molar-refractivity contribution in [3.05, 3.63) is 54.4 Å². The van der Waals surface area contributed by atoms with Crippen molar-refractivity contribution in [2.24, 2.45) is 0 Å². The van der Waals surface area contributed by atoms with Gasteiger partial charge in [-0.05, 0) is 62.7 Å². The van der Waals surface area contributed by atoms with Crippen molar-refractivity contribution < 1.29 is 9.53 Å². The van der Waals surface area contributed by atoms with Crippen LogP contribution in [0.25, 0.3) is 11.0 Å². The SMILES string of the molecule is CCCn1c(CN2CCCCCC2)nc2cc(NC(=O)COc3ccccc3)ccc21. The fourth-order valence-electron chi connectivity index (χ4n) is 4.21. The summed E-state index contributed by atoms with van der Waals surface area (Å²) in [6, 6.07) is 15.4. The second-order valence-electron chi connectivity index (χ2n) is 8.22. The molecule has 0 unspecified atom stereocenters. The number of aromatic nitrogens is 2. The number of hydrogen-bond donors (Lipinski definition) is 1. The molecule has 1 N–H and O–H groups in total. The van der Waals surface area contributed by atoms with Crippen molar-refractivity contribution in [2.45, 2.75) is 52.1 Å². The van der Waals surface area contributed by atoms with Crippen LogP contribution in [-0.2, 0) is 17.9 Å². The standard InChI is InChI=1S/C25H32N4O2/c1-2-14-29-23-13-12-20(26-25(30)19-31-21-10-6-5-7-11-21)17-22(23)27-24(29)18-28-15-8-3-4-9-16-28/h5-7,10-13,17H,2-4,8-9,14-16,18-19H2,1H3,(H,26,30). The molecule has 6 nitrogen and oxygen atoms in total. The zero-order chi connectivity index (χ0) is 21.5. The van der Waals surface area contributed by atoms with Gasteiger partial charge in [-0.2, -0.15) is 0 Å². The highest BCUT2D eigenvalue weighted by Crippen LogP contribution is 2.23. The fraction of sp³-hybridized carbons (Fsp3) is 0.440. The van der Waals surface area contributed by atoms with Crippen LogP contribution in [0.3, 0.4) is 0 Å². The molecule has 6 heteroatoms. The summed E-state index contributed by atoms with van der Waals surface area (Å²) in [5, 5.41) is 2.93. The lowest BCUT2D eigenvalue weighted by Crippen LogP contribution is -2.26.